The molecule has 0 aromatic carbocycles. The lowest BCUT2D eigenvalue weighted by Crippen LogP contribution is -2.13. The summed E-state index contributed by atoms with van der Waals surface area (Å²) < 4.78 is 5.12. The predicted octanol–water partition coefficient (Wildman–Crippen LogP) is 2.36. The number of hydrogen-bond acceptors (Lipinski definition) is 3. The van der Waals surface area contributed by atoms with Gasteiger partial charge in [0.1, 0.15) is 6.10 Å². The molecule has 0 aliphatic heterocycles. The molecule has 0 heterocycles. The highest BCUT2D eigenvalue weighted by atomic mass is 16.5. The molecule has 0 atom stereocenters. The van der Waals surface area contributed by atoms with E-state index in [9.17, 15) is 9.59 Å². The van der Waals surface area contributed by atoms with Crippen molar-refractivity contribution in [1.82, 2.24) is 0 Å². The summed E-state index contributed by atoms with van der Waals surface area (Å²) in [7, 11) is 0. The molecule has 15 heavy (non-hydrogen) atoms. The Hall–Kier alpha value is -1.06. The molecule has 0 unspecified atom stereocenters. The van der Waals surface area contributed by atoms with Crippen LogP contribution in [0.5, 0.6) is 0 Å². The number of aliphatic carboxylic acids is 1. The minimum absolute atomic E-state index is 0.0492. The number of carbonyl (C=O) groups excluding carboxylic acids is 1. The van der Waals surface area contributed by atoms with Crippen molar-refractivity contribution < 1.29 is 19.4 Å². The first-order valence-corrected chi connectivity index (χ1v) is 5.51. The molecule has 0 spiro atoms. The lowest BCUT2D eigenvalue weighted by atomic mass is 10.3. The lowest BCUT2D eigenvalue weighted by molar-refractivity contribution is -0.148. The maximum absolute atomic E-state index is 10.7. The predicted molar refractivity (Wildman–Crippen MR) is 56.6 cm³/mol. The molecule has 4 nitrogen and oxygen atoms in total. The Morgan fingerprint density at radius 2 is 1.67 bits per heavy atom. The van der Waals surface area contributed by atoms with Gasteiger partial charge in [0.15, 0.2) is 0 Å². The van der Waals surface area contributed by atoms with Crippen LogP contribution in [0.3, 0.4) is 0 Å². The molecule has 4 heteroatoms. The van der Waals surface area contributed by atoms with Gasteiger partial charge in [-0.05, 0) is 25.7 Å². The second kappa shape index (κ2) is 8.26. The zero-order chi connectivity index (χ0) is 11.7. The summed E-state index contributed by atoms with van der Waals surface area (Å²) in [5.74, 6) is -0.795. The van der Waals surface area contributed by atoms with Crippen molar-refractivity contribution in [2.75, 3.05) is 0 Å². The Bertz CT molecular complexity index is 195. The zero-order valence-corrected chi connectivity index (χ0v) is 9.49. The number of carbonyl (C=O) groups is 2. The van der Waals surface area contributed by atoms with Crippen LogP contribution in [0, 0.1) is 0 Å². The minimum Gasteiger partial charge on any atom is -0.481 e. The molecule has 0 bridgehead atoms. The third-order valence-corrected chi connectivity index (χ3v) is 2.19. The second-order valence-electron chi connectivity index (χ2n) is 3.50. The lowest BCUT2D eigenvalue weighted by Gasteiger charge is -2.09. The standard InChI is InChI=1S/C8H14O2.C3H6O2/c1-2-8(9)10-7-5-3-4-6-7;1-2-3(4)5/h7H,2-6H2,1H3;2H2,1H3,(H,4,5). The number of carboxylic acid groups (broad SMARTS) is 1. The van der Waals surface area contributed by atoms with Crippen molar-refractivity contribution in [2.45, 2.75) is 58.5 Å². The number of carboxylic acids is 1. The van der Waals surface area contributed by atoms with Crippen LogP contribution in [-0.2, 0) is 14.3 Å². The Morgan fingerprint density at radius 3 is 2.00 bits per heavy atom. The highest BCUT2D eigenvalue weighted by Crippen LogP contribution is 2.21. The van der Waals surface area contributed by atoms with E-state index < -0.39 is 5.97 Å². The topological polar surface area (TPSA) is 63.6 Å². The summed E-state index contributed by atoms with van der Waals surface area (Å²) in [6.45, 7) is 3.43. The first-order chi connectivity index (χ1) is 7.10. The van der Waals surface area contributed by atoms with Crippen molar-refractivity contribution in [1.29, 1.82) is 0 Å². The van der Waals surface area contributed by atoms with E-state index in [-0.39, 0.29) is 18.5 Å². The van der Waals surface area contributed by atoms with Crippen LogP contribution in [0.25, 0.3) is 0 Å². The van der Waals surface area contributed by atoms with E-state index in [0.717, 1.165) is 12.8 Å². The quantitative estimate of drug-likeness (QED) is 0.735. The van der Waals surface area contributed by atoms with Crippen LogP contribution in [0.1, 0.15) is 52.4 Å². The number of esters is 1. The minimum atomic E-state index is -0.745. The monoisotopic (exact) mass is 216 g/mol. The molecule has 0 aromatic rings. The van der Waals surface area contributed by atoms with Crippen LogP contribution in [0.2, 0.25) is 0 Å². The molecule has 0 radical (unpaired) electrons. The maximum Gasteiger partial charge on any atom is 0.305 e. The highest BCUT2D eigenvalue weighted by Gasteiger charge is 2.17. The Kier molecular flexibility index (Phi) is 7.68. The fourth-order valence-electron chi connectivity index (χ4n) is 1.28. The van der Waals surface area contributed by atoms with Gasteiger partial charge >= 0.3 is 11.9 Å². The molecule has 1 N–H and O–H groups in total. The van der Waals surface area contributed by atoms with Crippen LogP contribution in [0.4, 0.5) is 0 Å². The van der Waals surface area contributed by atoms with Gasteiger partial charge in [0.2, 0.25) is 0 Å². The third-order valence-electron chi connectivity index (χ3n) is 2.19. The molecule has 0 aromatic heterocycles. The van der Waals surface area contributed by atoms with Gasteiger partial charge in [-0.1, -0.05) is 13.8 Å². The molecule has 1 saturated carbocycles. The van der Waals surface area contributed by atoms with E-state index in [1.165, 1.54) is 12.8 Å². The number of hydrogen-bond donors (Lipinski definition) is 1. The van der Waals surface area contributed by atoms with Gasteiger partial charge in [-0.2, -0.15) is 0 Å². The summed E-state index contributed by atoms with van der Waals surface area (Å²) >= 11 is 0. The van der Waals surface area contributed by atoms with E-state index in [1.54, 1.807) is 6.92 Å². The summed E-state index contributed by atoms with van der Waals surface area (Å²) in [4.78, 5) is 20.1. The smallest absolute Gasteiger partial charge is 0.305 e. The Balaban J connectivity index is 0.000000336. The highest BCUT2D eigenvalue weighted by molar-refractivity contribution is 5.69. The average molecular weight is 216 g/mol. The largest absolute Gasteiger partial charge is 0.481 e. The van der Waals surface area contributed by atoms with Crippen molar-refractivity contribution in [3.63, 3.8) is 0 Å². The van der Waals surface area contributed by atoms with E-state index in [2.05, 4.69) is 0 Å². The van der Waals surface area contributed by atoms with E-state index in [4.69, 9.17) is 9.84 Å². The maximum atomic E-state index is 10.7. The molecule has 0 saturated heterocycles. The van der Waals surface area contributed by atoms with Gasteiger partial charge in [-0.3, -0.25) is 9.59 Å². The Morgan fingerprint density at radius 1 is 1.20 bits per heavy atom. The van der Waals surface area contributed by atoms with Crippen LogP contribution in [0.15, 0.2) is 0 Å². The molecule has 1 aliphatic carbocycles. The molecule has 1 rings (SSSR count). The first kappa shape index (κ1) is 13.9. The van der Waals surface area contributed by atoms with E-state index in [0.29, 0.717) is 6.42 Å². The average Bonchev–Trinajstić information content (AvgIpc) is 2.71. The third kappa shape index (κ3) is 7.97. The van der Waals surface area contributed by atoms with Gasteiger partial charge in [-0.15, -0.1) is 0 Å². The molecule has 88 valence electrons. The van der Waals surface area contributed by atoms with Crippen LogP contribution in [-0.4, -0.2) is 23.1 Å². The first-order valence-electron chi connectivity index (χ1n) is 5.51. The van der Waals surface area contributed by atoms with Crippen molar-refractivity contribution in [3.05, 3.63) is 0 Å². The van der Waals surface area contributed by atoms with Crippen molar-refractivity contribution >= 4 is 11.9 Å². The number of rotatable bonds is 3. The van der Waals surface area contributed by atoms with Crippen LogP contribution < -0.4 is 0 Å². The summed E-state index contributed by atoms with van der Waals surface area (Å²) in [5.41, 5.74) is 0. The van der Waals surface area contributed by atoms with Crippen molar-refractivity contribution in [2.24, 2.45) is 0 Å². The second-order valence-corrected chi connectivity index (χ2v) is 3.50. The zero-order valence-electron chi connectivity index (χ0n) is 9.49. The Labute approximate surface area is 90.6 Å². The van der Waals surface area contributed by atoms with Gasteiger partial charge in [-0.25, -0.2) is 0 Å². The van der Waals surface area contributed by atoms with E-state index in [1.807, 2.05) is 6.92 Å². The van der Waals surface area contributed by atoms with Crippen LogP contribution >= 0.6 is 0 Å². The van der Waals surface area contributed by atoms with Gasteiger partial charge in [0.05, 0.1) is 0 Å². The molecule has 0 amide bonds. The summed E-state index contributed by atoms with van der Waals surface area (Å²) in [6, 6.07) is 0. The van der Waals surface area contributed by atoms with Gasteiger partial charge in [0, 0.05) is 12.8 Å². The fourth-order valence-corrected chi connectivity index (χ4v) is 1.28. The SMILES string of the molecule is CCC(=O)O.CCC(=O)OC1CCCC1. The van der Waals surface area contributed by atoms with Gasteiger partial charge in [0.25, 0.3) is 0 Å². The molecular formula is C11H20O4. The molecule has 1 aliphatic rings. The molecular weight excluding hydrogens is 196 g/mol. The van der Waals surface area contributed by atoms with Crippen molar-refractivity contribution in [3.8, 4) is 0 Å². The fraction of sp³-hybridized carbons (Fsp3) is 0.818. The number of ether oxygens (including phenoxy) is 1. The van der Waals surface area contributed by atoms with E-state index >= 15 is 0 Å². The van der Waals surface area contributed by atoms with Gasteiger partial charge < -0.3 is 9.84 Å². The molecule has 1 fully saturated rings. The normalized spacial score (nSPS) is 15.3. The summed E-state index contributed by atoms with van der Waals surface area (Å²) in [5, 5.41) is 7.72. The summed E-state index contributed by atoms with van der Waals surface area (Å²) in [6.07, 6.45) is 5.57.